The summed E-state index contributed by atoms with van der Waals surface area (Å²) in [4.78, 5) is 29.7. The molecule has 0 aliphatic carbocycles. The Balaban J connectivity index is 0. The van der Waals surface area contributed by atoms with Gasteiger partial charge in [0.15, 0.2) is 0 Å². The van der Waals surface area contributed by atoms with Crippen LogP contribution in [-0.4, -0.2) is 51.9 Å². The molecule has 0 aromatic heterocycles. The van der Waals surface area contributed by atoms with Gasteiger partial charge in [-0.15, -0.1) is 0 Å². The number of carbonyl (C=O) groups is 3. The number of hydrogen-bond acceptors (Lipinski definition) is 6. The van der Waals surface area contributed by atoms with Crippen LogP contribution in [0.25, 0.3) is 0 Å². The van der Waals surface area contributed by atoms with E-state index in [1.54, 1.807) is 0 Å². The zero-order valence-electron chi connectivity index (χ0n) is 9.78. The van der Waals surface area contributed by atoms with Gasteiger partial charge in [-0.3, -0.25) is 14.4 Å². The van der Waals surface area contributed by atoms with Gasteiger partial charge in [-0.2, -0.15) is 0 Å². The third kappa shape index (κ3) is 12.4. The van der Waals surface area contributed by atoms with Crippen LogP contribution in [0.1, 0.15) is 19.3 Å². The van der Waals surface area contributed by atoms with Crippen molar-refractivity contribution in [3.63, 3.8) is 0 Å². The van der Waals surface area contributed by atoms with Gasteiger partial charge >= 0.3 is 17.9 Å². The van der Waals surface area contributed by atoms with Gasteiger partial charge in [0, 0.05) is 0 Å². The summed E-state index contributed by atoms with van der Waals surface area (Å²) in [6.45, 7) is 0.501. The van der Waals surface area contributed by atoms with Crippen molar-refractivity contribution in [2.45, 2.75) is 31.3 Å². The van der Waals surface area contributed by atoms with Crippen LogP contribution in [-0.2, 0) is 14.4 Å². The Bertz CT molecular complexity index is 283. The molecule has 0 aromatic carbocycles. The van der Waals surface area contributed by atoms with Crippen molar-refractivity contribution in [1.82, 2.24) is 0 Å². The number of aliphatic carboxylic acids is 3. The molecule has 0 saturated heterocycles. The van der Waals surface area contributed by atoms with Gasteiger partial charge < -0.3 is 32.5 Å². The lowest BCUT2D eigenvalue weighted by Crippen LogP contribution is -2.32. The van der Waals surface area contributed by atoms with E-state index in [1.165, 1.54) is 0 Å². The zero-order valence-corrected chi connectivity index (χ0v) is 9.78. The van der Waals surface area contributed by atoms with Crippen molar-refractivity contribution in [2.75, 3.05) is 6.54 Å². The van der Waals surface area contributed by atoms with Crippen LogP contribution in [0.4, 0.5) is 0 Å². The van der Waals surface area contributed by atoms with Gasteiger partial charge in [-0.1, -0.05) is 0 Å². The quantitative estimate of drug-likeness (QED) is 0.302. The predicted molar refractivity (Wildman–Crippen MR) is 61.8 cm³/mol. The predicted octanol–water partition coefficient (Wildman–Crippen LogP) is -1.99. The highest BCUT2D eigenvalue weighted by Crippen LogP contribution is 1.91. The van der Waals surface area contributed by atoms with E-state index >= 15 is 0 Å². The Morgan fingerprint density at radius 2 is 1.39 bits per heavy atom. The van der Waals surface area contributed by atoms with Gasteiger partial charge in [0.2, 0.25) is 0 Å². The molecule has 9 nitrogen and oxygen atoms in total. The smallest absolute Gasteiger partial charge is 0.321 e. The third-order valence-electron chi connectivity index (χ3n) is 1.75. The van der Waals surface area contributed by atoms with Crippen LogP contribution < -0.4 is 17.2 Å². The summed E-state index contributed by atoms with van der Waals surface area (Å²) in [7, 11) is 0. The van der Waals surface area contributed by atoms with Crippen molar-refractivity contribution >= 4 is 17.9 Å². The number of rotatable bonds is 7. The topological polar surface area (TPSA) is 190 Å². The average molecular weight is 265 g/mol. The molecule has 9 N–H and O–H groups in total. The van der Waals surface area contributed by atoms with Gasteiger partial charge in [-0.25, -0.2) is 0 Å². The largest absolute Gasteiger partial charge is 0.481 e. The van der Waals surface area contributed by atoms with E-state index < -0.39 is 36.4 Å². The molecule has 2 atom stereocenters. The number of hydrogen-bond donors (Lipinski definition) is 6. The summed E-state index contributed by atoms with van der Waals surface area (Å²) in [5, 5.41) is 24.3. The van der Waals surface area contributed by atoms with Crippen molar-refractivity contribution in [1.29, 1.82) is 0 Å². The highest BCUT2D eigenvalue weighted by molar-refractivity contribution is 5.80. The van der Waals surface area contributed by atoms with E-state index in [0.717, 1.165) is 0 Å². The molecular formula is C9H19N3O6. The molecule has 0 amide bonds. The van der Waals surface area contributed by atoms with Crippen LogP contribution in [0.15, 0.2) is 0 Å². The first-order valence-corrected chi connectivity index (χ1v) is 5.11. The monoisotopic (exact) mass is 265 g/mol. The Kier molecular flexibility index (Phi) is 10.8. The van der Waals surface area contributed by atoms with Crippen LogP contribution in [0.2, 0.25) is 0 Å². The maximum absolute atomic E-state index is 10.0. The molecule has 0 bridgehead atoms. The Hall–Kier alpha value is -1.71. The van der Waals surface area contributed by atoms with Gasteiger partial charge in [0.25, 0.3) is 0 Å². The minimum absolute atomic E-state index is 0.464. The summed E-state index contributed by atoms with van der Waals surface area (Å²) in [5.74, 6) is -3.45. The van der Waals surface area contributed by atoms with E-state index in [2.05, 4.69) is 0 Å². The lowest BCUT2D eigenvalue weighted by atomic mass is 10.2. The molecule has 0 aliphatic heterocycles. The molecular weight excluding hydrogens is 246 g/mol. The van der Waals surface area contributed by atoms with E-state index in [9.17, 15) is 14.4 Å². The second-order valence-electron chi connectivity index (χ2n) is 3.42. The molecule has 0 spiro atoms. The first-order valence-electron chi connectivity index (χ1n) is 5.11. The zero-order chi connectivity index (χ0) is 14.7. The summed E-state index contributed by atoms with van der Waals surface area (Å²) < 4.78 is 0. The second kappa shape index (κ2) is 10.4. The lowest BCUT2D eigenvalue weighted by molar-refractivity contribution is -0.144. The molecule has 0 fully saturated rings. The minimum Gasteiger partial charge on any atom is -0.481 e. The van der Waals surface area contributed by atoms with Crippen molar-refractivity contribution in [2.24, 2.45) is 17.2 Å². The molecule has 18 heavy (non-hydrogen) atoms. The van der Waals surface area contributed by atoms with Crippen LogP contribution in [0.5, 0.6) is 0 Å². The van der Waals surface area contributed by atoms with Gasteiger partial charge in [0.1, 0.15) is 12.1 Å². The summed E-state index contributed by atoms with van der Waals surface area (Å²) in [6.07, 6.45) is 0.606. The van der Waals surface area contributed by atoms with Crippen LogP contribution in [0, 0.1) is 0 Å². The molecule has 0 radical (unpaired) electrons. The molecule has 0 rings (SSSR count). The Labute approximate surface area is 104 Å². The molecule has 106 valence electrons. The minimum atomic E-state index is -1.29. The van der Waals surface area contributed by atoms with Gasteiger partial charge in [0.05, 0.1) is 6.42 Å². The summed E-state index contributed by atoms with van der Waals surface area (Å²) in [6, 6.07) is -2.03. The first kappa shape index (κ1) is 18.6. The molecule has 0 aromatic rings. The lowest BCUT2D eigenvalue weighted by Gasteiger charge is -2.02. The summed E-state index contributed by atoms with van der Waals surface area (Å²) in [5.41, 5.74) is 15.1. The SMILES string of the molecule is NCCC[C@H](N)C(=O)O.N[C@@H](CC(=O)O)C(=O)O. The van der Waals surface area contributed by atoms with Crippen LogP contribution in [0.3, 0.4) is 0 Å². The van der Waals surface area contributed by atoms with E-state index in [0.29, 0.717) is 19.4 Å². The maximum atomic E-state index is 10.0. The van der Waals surface area contributed by atoms with Crippen molar-refractivity contribution in [3.05, 3.63) is 0 Å². The molecule has 0 saturated carbocycles. The molecule has 0 heterocycles. The summed E-state index contributed by atoms with van der Waals surface area (Å²) >= 11 is 0. The van der Waals surface area contributed by atoms with Gasteiger partial charge in [-0.05, 0) is 19.4 Å². The molecule has 0 unspecified atom stereocenters. The maximum Gasteiger partial charge on any atom is 0.321 e. The Morgan fingerprint density at radius 1 is 0.944 bits per heavy atom. The Morgan fingerprint density at radius 3 is 1.61 bits per heavy atom. The average Bonchev–Trinajstić information content (AvgIpc) is 2.25. The van der Waals surface area contributed by atoms with E-state index in [1.807, 2.05) is 0 Å². The molecule has 0 aliphatic rings. The second-order valence-corrected chi connectivity index (χ2v) is 3.42. The van der Waals surface area contributed by atoms with Crippen molar-refractivity contribution < 1.29 is 29.7 Å². The van der Waals surface area contributed by atoms with E-state index in [4.69, 9.17) is 32.5 Å². The third-order valence-corrected chi connectivity index (χ3v) is 1.75. The standard InChI is InChI=1S/C5H12N2O2.C4H7NO4/c6-3-1-2-4(7)5(8)9;5-2(4(8)9)1-3(6)7/h4H,1-3,6-7H2,(H,8,9);2H,1,5H2,(H,6,7)(H,8,9)/t4-;2-/m00/s1. The fourth-order valence-corrected chi connectivity index (χ4v) is 0.737. The number of nitrogens with two attached hydrogens (primary N) is 3. The number of carboxylic acid groups (broad SMARTS) is 3. The highest BCUT2D eigenvalue weighted by Gasteiger charge is 2.14. The van der Waals surface area contributed by atoms with Crippen molar-refractivity contribution in [3.8, 4) is 0 Å². The van der Waals surface area contributed by atoms with Crippen LogP contribution >= 0.6 is 0 Å². The highest BCUT2D eigenvalue weighted by atomic mass is 16.4. The number of carboxylic acids is 3. The molecule has 9 heteroatoms. The fourth-order valence-electron chi connectivity index (χ4n) is 0.737. The normalized spacial score (nSPS) is 12.8. The fraction of sp³-hybridized carbons (Fsp3) is 0.667. The first-order chi connectivity index (χ1) is 8.22. The van der Waals surface area contributed by atoms with E-state index in [-0.39, 0.29) is 0 Å².